The number of amides is 1. The summed E-state index contributed by atoms with van der Waals surface area (Å²) in [4.78, 5) is 17.4. The van der Waals surface area contributed by atoms with Crippen molar-refractivity contribution >= 4 is 5.91 Å². The summed E-state index contributed by atoms with van der Waals surface area (Å²) in [5.41, 5.74) is 2.35. The van der Waals surface area contributed by atoms with Crippen LogP contribution in [0.25, 0.3) is 0 Å². The number of benzene rings is 1. The smallest absolute Gasteiger partial charge is 0.253 e. The second-order valence-electron chi connectivity index (χ2n) is 8.09. The molecule has 1 unspecified atom stereocenters. The summed E-state index contributed by atoms with van der Waals surface area (Å²) in [6.07, 6.45) is 3.12. The lowest BCUT2D eigenvalue weighted by atomic mass is 9.71. The highest BCUT2D eigenvalue weighted by Gasteiger charge is 2.48. The van der Waals surface area contributed by atoms with Crippen molar-refractivity contribution in [3.8, 4) is 0 Å². The molecular weight excluding hydrogens is 340 g/mol. The lowest BCUT2D eigenvalue weighted by Gasteiger charge is -2.42. The fraction of sp³-hybridized carbons (Fsp3) is 0.682. The van der Waals surface area contributed by atoms with Gasteiger partial charge in [0, 0.05) is 58.4 Å². The summed E-state index contributed by atoms with van der Waals surface area (Å²) in [6.45, 7) is 8.53. The number of aryl methyl sites for hydroxylation is 1. The number of ether oxygens (including phenoxy) is 2. The van der Waals surface area contributed by atoms with E-state index in [0.717, 1.165) is 70.8 Å². The first-order chi connectivity index (χ1) is 13.1. The molecule has 0 N–H and O–H groups in total. The van der Waals surface area contributed by atoms with E-state index in [9.17, 15) is 4.79 Å². The molecule has 1 aromatic carbocycles. The molecule has 1 amide bonds. The Morgan fingerprint density at radius 1 is 1.15 bits per heavy atom. The predicted molar refractivity (Wildman–Crippen MR) is 107 cm³/mol. The third-order valence-corrected chi connectivity index (χ3v) is 6.52. The van der Waals surface area contributed by atoms with Crippen molar-refractivity contribution in [1.29, 1.82) is 0 Å². The van der Waals surface area contributed by atoms with Gasteiger partial charge in [0.2, 0.25) is 0 Å². The molecule has 2 heterocycles. The number of hydrogen-bond acceptors (Lipinski definition) is 4. The van der Waals surface area contributed by atoms with Crippen molar-refractivity contribution < 1.29 is 14.3 Å². The molecule has 1 atom stereocenters. The van der Waals surface area contributed by atoms with Gasteiger partial charge in [0.1, 0.15) is 0 Å². The van der Waals surface area contributed by atoms with Gasteiger partial charge in [-0.25, -0.2) is 0 Å². The number of methoxy groups -OCH3 is 2. The largest absolute Gasteiger partial charge is 0.384 e. The lowest BCUT2D eigenvalue weighted by molar-refractivity contribution is 0.0321. The fourth-order valence-corrected chi connectivity index (χ4v) is 4.75. The predicted octanol–water partition coefficient (Wildman–Crippen LogP) is 2.70. The molecule has 0 aliphatic carbocycles. The number of likely N-dealkylation sites (tertiary alicyclic amines) is 2. The minimum absolute atomic E-state index is 0.171. The van der Waals surface area contributed by atoms with E-state index in [0.29, 0.717) is 5.92 Å². The maximum atomic E-state index is 12.9. The van der Waals surface area contributed by atoms with Gasteiger partial charge in [-0.15, -0.1) is 0 Å². The van der Waals surface area contributed by atoms with Gasteiger partial charge in [0.25, 0.3) is 5.91 Å². The molecule has 2 fully saturated rings. The normalized spacial score (nSPS) is 22.5. The topological polar surface area (TPSA) is 42.0 Å². The van der Waals surface area contributed by atoms with Crippen LogP contribution in [0, 0.1) is 11.3 Å². The van der Waals surface area contributed by atoms with Crippen LogP contribution in [0.3, 0.4) is 0 Å². The zero-order valence-electron chi connectivity index (χ0n) is 17.1. The second-order valence-corrected chi connectivity index (χ2v) is 8.09. The summed E-state index contributed by atoms with van der Waals surface area (Å²) in [6, 6.07) is 8.08. The summed E-state index contributed by atoms with van der Waals surface area (Å²) >= 11 is 0. The zero-order valence-corrected chi connectivity index (χ0v) is 17.1. The van der Waals surface area contributed by atoms with Gasteiger partial charge >= 0.3 is 0 Å². The van der Waals surface area contributed by atoms with Crippen LogP contribution in [0.1, 0.15) is 35.7 Å². The van der Waals surface area contributed by atoms with Gasteiger partial charge < -0.3 is 19.3 Å². The average Bonchev–Trinajstić information content (AvgIpc) is 3.03. The highest BCUT2D eigenvalue weighted by molar-refractivity contribution is 5.94. The Bertz CT molecular complexity index is 608. The van der Waals surface area contributed by atoms with Crippen molar-refractivity contribution in [2.24, 2.45) is 11.3 Å². The number of piperidine rings is 1. The van der Waals surface area contributed by atoms with E-state index < -0.39 is 0 Å². The van der Waals surface area contributed by atoms with Crippen LogP contribution in [0.5, 0.6) is 0 Å². The number of nitrogens with zero attached hydrogens (tertiary/aromatic N) is 2. The Morgan fingerprint density at radius 3 is 2.44 bits per heavy atom. The highest BCUT2D eigenvalue weighted by Crippen LogP contribution is 2.44. The summed E-state index contributed by atoms with van der Waals surface area (Å²) in [7, 11) is 3.56. The molecular formula is C22H34N2O3. The van der Waals surface area contributed by atoms with E-state index in [-0.39, 0.29) is 11.3 Å². The Kier molecular flexibility index (Phi) is 6.90. The monoisotopic (exact) mass is 374 g/mol. The van der Waals surface area contributed by atoms with Crippen LogP contribution in [0.15, 0.2) is 24.3 Å². The van der Waals surface area contributed by atoms with Gasteiger partial charge in [0.15, 0.2) is 0 Å². The SMILES string of the molecule is CCc1ccc(C(=O)N2CCC3(CC2)CN(CCOC)CC3COC)cc1. The van der Waals surface area contributed by atoms with Gasteiger partial charge in [0.05, 0.1) is 13.2 Å². The first kappa shape index (κ1) is 20.3. The van der Waals surface area contributed by atoms with Crippen molar-refractivity contribution in [3.05, 3.63) is 35.4 Å². The van der Waals surface area contributed by atoms with Crippen LogP contribution >= 0.6 is 0 Å². The molecule has 2 aliphatic heterocycles. The summed E-state index contributed by atoms with van der Waals surface area (Å²) in [5.74, 6) is 0.713. The highest BCUT2D eigenvalue weighted by atomic mass is 16.5. The lowest BCUT2D eigenvalue weighted by Crippen LogP contribution is -2.47. The number of carbonyl (C=O) groups excluding carboxylic acids is 1. The van der Waals surface area contributed by atoms with Crippen molar-refractivity contribution in [1.82, 2.24) is 9.80 Å². The Morgan fingerprint density at radius 2 is 1.85 bits per heavy atom. The molecule has 0 bridgehead atoms. The minimum Gasteiger partial charge on any atom is -0.384 e. The second kappa shape index (κ2) is 9.18. The molecule has 3 rings (SSSR count). The van der Waals surface area contributed by atoms with Crippen molar-refractivity contribution in [2.75, 3.05) is 60.2 Å². The van der Waals surface area contributed by atoms with Gasteiger partial charge in [-0.2, -0.15) is 0 Å². The number of hydrogen-bond donors (Lipinski definition) is 0. The Hall–Kier alpha value is -1.43. The maximum absolute atomic E-state index is 12.9. The Labute approximate surface area is 163 Å². The fourth-order valence-electron chi connectivity index (χ4n) is 4.75. The van der Waals surface area contributed by atoms with Gasteiger partial charge in [-0.1, -0.05) is 19.1 Å². The molecule has 5 heteroatoms. The average molecular weight is 375 g/mol. The van der Waals surface area contributed by atoms with E-state index in [4.69, 9.17) is 9.47 Å². The zero-order chi connectivity index (χ0) is 19.3. The van der Waals surface area contributed by atoms with E-state index in [1.165, 1.54) is 5.56 Å². The van der Waals surface area contributed by atoms with E-state index in [2.05, 4.69) is 24.0 Å². The molecule has 2 aliphatic rings. The van der Waals surface area contributed by atoms with Gasteiger partial charge in [-0.3, -0.25) is 4.79 Å². The van der Waals surface area contributed by atoms with E-state index in [1.807, 2.05) is 17.0 Å². The standard InChI is InChI=1S/C22H34N2O3/c1-4-18-5-7-19(8-6-18)21(25)24-11-9-22(10-12-24)17-23(13-14-26-2)15-20(22)16-27-3/h5-8,20H,4,9-17H2,1-3H3. The number of rotatable bonds is 7. The van der Waals surface area contributed by atoms with E-state index >= 15 is 0 Å². The summed E-state index contributed by atoms with van der Waals surface area (Å²) < 4.78 is 10.8. The molecule has 1 spiro atoms. The van der Waals surface area contributed by atoms with Gasteiger partial charge in [-0.05, 0) is 42.4 Å². The number of carbonyl (C=O) groups is 1. The van der Waals surface area contributed by atoms with Crippen LogP contribution in [-0.2, 0) is 15.9 Å². The maximum Gasteiger partial charge on any atom is 0.253 e. The van der Waals surface area contributed by atoms with Crippen LogP contribution in [-0.4, -0.2) is 75.9 Å². The van der Waals surface area contributed by atoms with E-state index in [1.54, 1.807) is 14.2 Å². The third kappa shape index (κ3) is 4.53. The molecule has 2 saturated heterocycles. The van der Waals surface area contributed by atoms with Crippen molar-refractivity contribution in [3.63, 3.8) is 0 Å². The molecule has 0 saturated carbocycles. The van der Waals surface area contributed by atoms with Crippen LogP contribution < -0.4 is 0 Å². The first-order valence-electron chi connectivity index (χ1n) is 10.2. The Balaban J connectivity index is 1.62. The summed E-state index contributed by atoms with van der Waals surface area (Å²) in [5, 5.41) is 0. The third-order valence-electron chi connectivity index (χ3n) is 6.52. The molecule has 27 heavy (non-hydrogen) atoms. The quantitative estimate of drug-likeness (QED) is 0.736. The first-order valence-corrected chi connectivity index (χ1v) is 10.2. The molecule has 1 aromatic rings. The molecule has 0 aromatic heterocycles. The minimum atomic E-state index is 0.171. The van der Waals surface area contributed by atoms with Crippen LogP contribution in [0.4, 0.5) is 0 Å². The molecule has 0 radical (unpaired) electrons. The molecule has 5 nitrogen and oxygen atoms in total. The van der Waals surface area contributed by atoms with Crippen molar-refractivity contribution in [2.45, 2.75) is 26.2 Å². The van der Waals surface area contributed by atoms with Crippen LogP contribution in [0.2, 0.25) is 0 Å². The molecule has 150 valence electrons.